The van der Waals surface area contributed by atoms with Gasteiger partial charge in [-0.2, -0.15) is 0 Å². The van der Waals surface area contributed by atoms with E-state index in [2.05, 4.69) is 113 Å². The molecule has 0 saturated carbocycles. The van der Waals surface area contributed by atoms with Gasteiger partial charge in [-0.25, -0.2) is 0 Å². The summed E-state index contributed by atoms with van der Waals surface area (Å²) in [6.45, 7) is 9.36. The van der Waals surface area contributed by atoms with Gasteiger partial charge in [-0.05, 0) is 79.1 Å². The molecule has 1 nitrogen and oxygen atoms in total. The maximum Gasteiger partial charge on any atom is 0.258 e. The van der Waals surface area contributed by atoms with E-state index >= 15 is 0 Å². The molecular weight excluding hydrogens is 681 g/mol. The summed E-state index contributed by atoms with van der Waals surface area (Å²) >= 11 is 0. The molecule has 0 aliphatic carbocycles. The normalized spacial score (nSPS) is 12.5. The lowest BCUT2D eigenvalue weighted by atomic mass is 9.87. The Labute approximate surface area is 344 Å². The molecule has 2 rings (SSSR count). The highest BCUT2D eigenvalue weighted by atomic mass is 28.4. The van der Waals surface area contributed by atoms with Crippen LogP contribution in [0.3, 0.4) is 0 Å². The molecule has 0 spiro atoms. The van der Waals surface area contributed by atoms with Gasteiger partial charge in [0.2, 0.25) is 0 Å². The van der Waals surface area contributed by atoms with Gasteiger partial charge in [-0.3, -0.25) is 0 Å². The third-order valence-electron chi connectivity index (χ3n) is 12.4. The summed E-state index contributed by atoms with van der Waals surface area (Å²) < 4.78 is 0. The highest BCUT2D eigenvalue weighted by molar-refractivity contribution is 6.98. The molecule has 0 aliphatic rings. The largest absolute Gasteiger partial charge is 0.424 e. The summed E-state index contributed by atoms with van der Waals surface area (Å²) in [6.07, 6.45) is 51.7. The summed E-state index contributed by atoms with van der Waals surface area (Å²) in [5.74, 6) is 0.676. The molecule has 0 radical (unpaired) electrons. The SMILES string of the molecule is CCCCCCCC/C=C\CCCCCCCCC(CCCCCCCC/C=C\CCCCCCCC)CC(C)(C)[Si](O)(c1ccccc1)c1ccccc1. The van der Waals surface area contributed by atoms with E-state index in [-0.39, 0.29) is 5.04 Å². The molecule has 0 saturated heterocycles. The first-order chi connectivity index (χ1) is 27.0. The van der Waals surface area contributed by atoms with E-state index < -0.39 is 8.32 Å². The van der Waals surface area contributed by atoms with Gasteiger partial charge >= 0.3 is 0 Å². The lowest BCUT2D eigenvalue weighted by molar-refractivity contribution is 0.326. The lowest BCUT2D eigenvalue weighted by Gasteiger charge is -2.43. The fourth-order valence-electron chi connectivity index (χ4n) is 8.89. The smallest absolute Gasteiger partial charge is 0.258 e. The van der Waals surface area contributed by atoms with E-state index in [1.54, 1.807) is 0 Å². The van der Waals surface area contributed by atoms with Crippen LogP contribution in [0.15, 0.2) is 85.0 Å². The third kappa shape index (κ3) is 22.6. The van der Waals surface area contributed by atoms with Crippen LogP contribution in [0, 0.1) is 5.92 Å². The van der Waals surface area contributed by atoms with Crippen molar-refractivity contribution < 1.29 is 4.80 Å². The van der Waals surface area contributed by atoms with Crippen molar-refractivity contribution in [3.63, 3.8) is 0 Å². The van der Waals surface area contributed by atoms with Crippen LogP contribution in [-0.4, -0.2) is 13.1 Å². The molecule has 55 heavy (non-hydrogen) atoms. The molecular formula is C53H90OSi. The number of benzene rings is 2. The predicted molar refractivity (Wildman–Crippen MR) is 250 cm³/mol. The van der Waals surface area contributed by atoms with Crippen molar-refractivity contribution in [1.29, 1.82) is 0 Å². The van der Waals surface area contributed by atoms with Gasteiger partial charge < -0.3 is 4.80 Å². The van der Waals surface area contributed by atoms with Crippen LogP contribution in [0.4, 0.5) is 0 Å². The Morgan fingerprint density at radius 3 is 1.05 bits per heavy atom. The van der Waals surface area contributed by atoms with E-state index in [4.69, 9.17) is 0 Å². The summed E-state index contributed by atoms with van der Waals surface area (Å²) in [6, 6.07) is 21.4. The Kier molecular flexibility index (Phi) is 29.6. The van der Waals surface area contributed by atoms with Gasteiger partial charge in [0.25, 0.3) is 8.32 Å². The Morgan fingerprint density at radius 2 is 0.727 bits per heavy atom. The van der Waals surface area contributed by atoms with Crippen LogP contribution in [0.5, 0.6) is 0 Å². The second-order valence-corrected chi connectivity index (χ2v) is 21.8. The van der Waals surface area contributed by atoms with Crippen LogP contribution in [0.2, 0.25) is 5.04 Å². The first-order valence-electron chi connectivity index (χ1n) is 24.1. The fourth-order valence-corrected chi connectivity index (χ4v) is 12.7. The molecule has 0 amide bonds. The maximum atomic E-state index is 12.9. The molecule has 1 N–H and O–H groups in total. The van der Waals surface area contributed by atoms with Crippen LogP contribution < -0.4 is 10.4 Å². The standard InChI is InChI=1S/C53H90OSi/c1-5-7-9-11-13-15-17-19-21-23-25-27-29-31-33-37-43-50(44-38-34-32-30-28-26-24-22-20-18-16-14-12-10-8-6-2)49-53(3,4)55(54,51-45-39-35-40-46-51)52-47-41-36-42-48-52/h19-22,35-36,39-42,45-48,50,54H,5-18,23-34,37-38,43-44,49H2,1-4H3/b21-19-,22-20-. The fraction of sp³-hybridized carbons (Fsp3) is 0.698. The first-order valence-corrected chi connectivity index (χ1v) is 26.0. The Hall–Kier alpha value is -1.90. The minimum absolute atomic E-state index is 0.161. The van der Waals surface area contributed by atoms with Crippen molar-refractivity contribution in [3.05, 3.63) is 85.0 Å². The van der Waals surface area contributed by atoms with E-state index in [9.17, 15) is 4.80 Å². The average Bonchev–Trinajstić information content (AvgIpc) is 3.20. The minimum atomic E-state index is -2.99. The van der Waals surface area contributed by atoms with Gasteiger partial charge in [-0.15, -0.1) is 0 Å². The molecule has 0 fully saturated rings. The van der Waals surface area contributed by atoms with Gasteiger partial charge in [0, 0.05) is 0 Å². The highest BCUT2D eigenvalue weighted by Crippen LogP contribution is 2.44. The number of hydrogen-bond donors (Lipinski definition) is 1. The molecule has 0 unspecified atom stereocenters. The van der Waals surface area contributed by atoms with Gasteiger partial charge in [-0.1, -0.05) is 254 Å². The predicted octanol–water partition coefficient (Wildman–Crippen LogP) is 16.4. The van der Waals surface area contributed by atoms with Crippen LogP contribution in [0.1, 0.15) is 227 Å². The molecule has 2 aromatic rings. The zero-order valence-electron chi connectivity index (χ0n) is 37.0. The Morgan fingerprint density at radius 1 is 0.436 bits per heavy atom. The quantitative estimate of drug-likeness (QED) is 0.0412. The monoisotopic (exact) mass is 771 g/mol. The van der Waals surface area contributed by atoms with E-state index in [1.807, 2.05) is 0 Å². The number of allylic oxidation sites excluding steroid dienone is 4. The molecule has 0 bridgehead atoms. The first kappa shape index (κ1) is 49.2. The zero-order valence-corrected chi connectivity index (χ0v) is 38.0. The third-order valence-corrected chi connectivity index (χ3v) is 16.9. The van der Waals surface area contributed by atoms with Crippen molar-refractivity contribution in [2.75, 3.05) is 0 Å². The second-order valence-electron chi connectivity index (χ2n) is 17.8. The summed E-state index contributed by atoms with van der Waals surface area (Å²) in [5.41, 5.74) is 0. The lowest BCUT2D eigenvalue weighted by Crippen LogP contribution is -2.65. The molecule has 2 heteroatoms. The molecule has 0 atom stereocenters. The summed E-state index contributed by atoms with van der Waals surface area (Å²) in [4.78, 5) is 12.9. The zero-order chi connectivity index (χ0) is 39.6. The van der Waals surface area contributed by atoms with Crippen LogP contribution in [0.25, 0.3) is 0 Å². The van der Waals surface area contributed by atoms with Crippen molar-refractivity contribution in [3.8, 4) is 0 Å². The van der Waals surface area contributed by atoms with E-state index in [0.29, 0.717) is 5.92 Å². The molecule has 2 aromatic carbocycles. The topological polar surface area (TPSA) is 20.2 Å². The van der Waals surface area contributed by atoms with E-state index in [1.165, 1.54) is 193 Å². The summed E-state index contributed by atoms with van der Waals surface area (Å²) in [5, 5.41) is 2.14. The number of hydrogen-bond acceptors (Lipinski definition) is 1. The number of rotatable bonds is 37. The molecule has 0 heterocycles. The van der Waals surface area contributed by atoms with Gasteiger partial charge in [0.05, 0.1) is 0 Å². The highest BCUT2D eigenvalue weighted by Gasteiger charge is 2.50. The second kappa shape index (κ2) is 33.1. The Balaban J connectivity index is 1.79. The van der Waals surface area contributed by atoms with Crippen LogP contribution >= 0.6 is 0 Å². The van der Waals surface area contributed by atoms with Crippen molar-refractivity contribution in [2.45, 2.75) is 232 Å². The van der Waals surface area contributed by atoms with Gasteiger partial charge in [0.1, 0.15) is 0 Å². The summed E-state index contributed by atoms with van der Waals surface area (Å²) in [7, 11) is -2.99. The van der Waals surface area contributed by atoms with Crippen LogP contribution in [-0.2, 0) is 0 Å². The van der Waals surface area contributed by atoms with Crippen molar-refractivity contribution in [2.24, 2.45) is 5.92 Å². The number of unbranched alkanes of at least 4 members (excludes halogenated alkanes) is 24. The molecule has 0 aliphatic heterocycles. The maximum absolute atomic E-state index is 12.9. The average molecular weight is 771 g/mol. The van der Waals surface area contributed by atoms with E-state index in [0.717, 1.165) is 16.8 Å². The van der Waals surface area contributed by atoms with Gasteiger partial charge in [0.15, 0.2) is 0 Å². The van der Waals surface area contributed by atoms with Crippen molar-refractivity contribution >= 4 is 18.7 Å². The van der Waals surface area contributed by atoms with Crippen molar-refractivity contribution in [1.82, 2.24) is 0 Å². The molecule has 312 valence electrons. The Bertz CT molecular complexity index is 1090. The minimum Gasteiger partial charge on any atom is -0.424 e. The molecule has 0 aromatic heterocycles.